The van der Waals surface area contributed by atoms with Crippen molar-refractivity contribution in [2.45, 2.75) is 6.54 Å². The summed E-state index contributed by atoms with van der Waals surface area (Å²) >= 11 is 1.64. The zero-order valence-electron chi connectivity index (χ0n) is 13.6. The summed E-state index contributed by atoms with van der Waals surface area (Å²) in [7, 11) is 1.32. The van der Waals surface area contributed by atoms with E-state index in [-0.39, 0.29) is 5.91 Å². The van der Waals surface area contributed by atoms with Crippen LogP contribution in [0.1, 0.15) is 20.7 Å². The Hall–Kier alpha value is -2.93. The summed E-state index contributed by atoms with van der Waals surface area (Å²) in [5.74, 6) is -0.616. The van der Waals surface area contributed by atoms with Gasteiger partial charge in [-0.3, -0.25) is 9.48 Å². The van der Waals surface area contributed by atoms with Crippen LogP contribution < -0.4 is 5.32 Å². The number of esters is 1. The van der Waals surface area contributed by atoms with Crippen LogP contribution in [0.15, 0.2) is 54.0 Å². The summed E-state index contributed by atoms with van der Waals surface area (Å²) < 4.78 is 6.43. The molecule has 1 N–H and O–H groups in total. The fourth-order valence-electron chi connectivity index (χ4n) is 2.30. The molecule has 128 valence electrons. The molecular formula is C18H17N3O3S. The molecule has 3 rings (SSSR count). The highest BCUT2D eigenvalue weighted by molar-refractivity contribution is 7.13. The molecule has 0 aliphatic heterocycles. The number of thiophene rings is 1. The summed E-state index contributed by atoms with van der Waals surface area (Å²) in [6.07, 6.45) is 1.90. The SMILES string of the molecule is COC(=O)c1ccc(C(=O)NCCn2ccc(-c3cccs3)n2)cc1. The summed E-state index contributed by atoms with van der Waals surface area (Å²) in [5.41, 5.74) is 1.84. The number of benzene rings is 1. The molecule has 1 amide bonds. The molecule has 3 aromatic rings. The van der Waals surface area contributed by atoms with Crippen LogP contribution in [0.25, 0.3) is 10.6 Å². The molecular weight excluding hydrogens is 338 g/mol. The number of ether oxygens (including phenoxy) is 1. The topological polar surface area (TPSA) is 73.2 Å². The number of aromatic nitrogens is 2. The largest absolute Gasteiger partial charge is 0.465 e. The second-order valence-electron chi connectivity index (χ2n) is 5.27. The van der Waals surface area contributed by atoms with Crippen LogP contribution in [-0.4, -0.2) is 35.3 Å². The average molecular weight is 355 g/mol. The molecule has 0 saturated carbocycles. The first-order chi connectivity index (χ1) is 12.2. The minimum absolute atomic E-state index is 0.193. The highest BCUT2D eigenvalue weighted by Gasteiger charge is 2.09. The lowest BCUT2D eigenvalue weighted by Crippen LogP contribution is -2.27. The maximum Gasteiger partial charge on any atom is 0.337 e. The molecule has 0 spiro atoms. The third kappa shape index (κ3) is 4.13. The van der Waals surface area contributed by atoms with Crippen molar-refractivity contribution in [1.29, 1.82) is 0 Å². The Morgan fingerprint density at radius 2 is 1.92 bits per heavy atom. The monoisotopic (exact) mass is 355 g/mol. The number of carbonyl (C=O) groups is 2. The molecule has 0 aliphatic carbocycles. The van der Waals surface area contributed by atoms with Crippen molar-refractivity contribution in [2.75, 3.05) is 13.7 Å². The summed E-state index contributed by atoms with van der Waals surface area (Å²) in [6.45, 7) is 1.04. The van der Waals surface area contributed by atoms with Crippen LogP contribution in [0.5, 0.6) is 0 Å². The molecule has 2 heterocycles. The Balaban J connectivity index is 1.52. The van der Waals surface area contributed by atoms with Crippen molar-refractivity contribution >= 4 is 23.2 Å². The van der Waals surface area contributed by atoms with Crippen molar-refractivity contribution < 1.29 is 14.3 Å². The molecule has 0 unspecified atom stereocenters. The van der Waals surface area contributed by atoms with Crippen LogP contribution in [0.2, 0.25) is 0 Å². The fourth-order valence-corrected chi connectivity index (χ4v) is 2.99. The number of methoxy groups -OCH3 is 1. The van der Waals surface area contributed by atoms with Crippen molar-refractivity contribution in [1.82, 2.24) is 15.1 Å². The molecule has 7 heteroatoms. The zero-order valence-corrected chi connectivity index (χ0v) is 14.5. The van der Waals surface area contributed by atoms with Gasteiger partial charge in [-0.05, 0) is 41.8 Å². The van der Waals surface area contributed by atoms with Crippen LogP contribution in [-0.2, 0) is 11.3 Å². The zero-order chi connectivity index (χ0) is 17.6. The molecule has 0 bridgehead atoms. The van der Waals surface area contributed by atoms with E-state index in [4.69, 9.17) is 0 Å². The van der Waals surface area contributed by atoms with E-state index < -0.39 is 5.97 Å². The van der Waals surface area contributed by atoms with Gasteiger partial charge in [0.15, 0.2) is 0 Å². The Morgan fingerprint density at radius 1 is 1.16 bits per heavy atom. The second-order valence-corrected chi connectivity index (χ2v) is 6.21. The van der Waals surface area contributed by atoms with Crippen LogP contribution in [0, 0.1) is 0 Å². The van der Waals surface area contributed by atoms with Gasteiger partial charge in [0.2, 0.25) is 0 Å². The normalized spacial score (nSPS) is 10.4. The first kappa shape index (κ1) is 16.9. The number of hydrogen-bond acceptors (Lipinski definition) is 5. The van der Waals surface area contributed by atoms with E-state index in [0.29, 0.717) is 24.2 Å². The molecule has 0 fully saturated rings. The predicted molar refractivity (Wildman–Crippen MR) is 95.7 cm³/mol. The Bertz CT molecular complexity index is 854. The lowest BCUT2D eigenvalue weighted by molar-refractivity contribution is 0.0600. The van der Waals surface area contributed by atoms with Crippen LogP contribution in [0.4, 0.5) is 0 Å². The van der Waals surface area contributed by atoms with Gasteiger partial charge in [0, 0.05) is 18.3 Å². The van der Waals surface area contributed by atoms with E-state index >= 15 is 0 Å². The van der Waals surface area contributed by atoms with E-state index in [2.05, 4.69) is 15.2 Å². The molecule has 25 heavy (non-hydrogen) atoms. The van der Waals surface area contributed by atoms with Crippen molar-refractivity contribution in [3.8, 4) is 10.6 Å². The smallest absolute Gasteiger partial charge is 0.337 e. The number of nitrogens with zero attached hydrogens (tertiary/aromatic N) is 2. The maximum atomic E-state index is 12.1. The minimum atomic E-state index is -0.424. The summed E-state index contributed by atoms with van der Waals surface area (Å²) in [4.78, 5) is 24.6. The number of nitrogens with one attached hydrogen (secondary N) is 1. The number of carbonyl (C=O) groups excluding carboxylic acids is 2. The van der Waals surface area contributed by atoms with Gasteiger partial charge in [-0.1, -0.05) is 6.07 Å². The van der Waals surface area contributed by atoms with Gasteiger partial charge in [0.1, 0.15) is 5.69 Å². The van der Waals surface area contributed by atoms with Crippen LogP contribution in [0.3, 0.4) is 0 Å². The average Bonchev–Trinajstić information content (AvgIpc) is 3.32. The molecule has 0 atom stereocenters. The summed E-state index contributed by atoms with van der Waals surface area (Å²) in [6, 6.07) is 12.3. The molecule has 2 aromatic heterocycles. The number of hydrogen-bond donors (Lipinski definition) is 1. The van der Waals surface area contributed by atoms with Crippen molar-refractivity contribution in [3.05, 3.63) is 65.2 Å². The Morgan fingerprint density at radius 3 is 2.60 bits per heavy atom. The van der Waals surface area contributed by atoms with Crippen molar-refractivity contribution in [2.24, 2.45) is 0 Å². The van der Waals surface area contributed by atoms with E-state index in [1.165, 1.54) is 7.11 Å². The van der Waals surface area contributed by atoms with Gasteiger partial charge in [-0.2, -0.15) is 5.10 Å². The maximum absolute atomic E-state index is 12.1. The molecule has 0 radical (unpaired) electrons. The van der Waals surface area contributed by atoms with Crippen LogP contribution >= 0.6 is 11.3 Å². The van der Waals surface area contributed by atoms with E-state index in [0.717, 1.165) is 10.6 Å². The van der Waals surface area contributed by atoms with Crippen molar-refractivity contribution in [3.63, 3.8) is 0 Å². The van der Waals surface area contributed by atoms with Gasteiger partial charge in [-0.25, -0.2) is 4.79 Å². The molecule has 6 nitrogen and oxygen atoms in total. The third-order valence-corrected chi connectivity index (χ3v) is 4.50. The van der Waals surface area contributed by atoms with Gasteiger partial charge >= 0.3 is 5.97 Å². The Kier molecular flexibility index (Phi) is 5.25. The molecule has 1 aromatic carbocycles. The third-order valence-electron chi connectivity index (χ3n) is 3.61. The standard InChI is InChI=1S/C18H17N3O3S/c1-24-18(23)14-6-4-13(5-7-14)17(22)19-9-11-21-10-8-15(20-21)16-3-2-12-25-16/h2-8,10,12H,9,11H2,1H3,(H,19,22). The highest BCUT2D eigenvalue weighted by atomic mass is 32.1. The van der Waals surface area contributed by atoms with E-state index in [9.17, 15) is 9.59 Å². The van der Waals surface area contributed by atoms with E-state index in [1.54, 1.807) is 40.3 Å². The van der Waals surface area contributed by atoms with E-state index in [1.807, 2.05) is 29.8 Å². The lowest BCUT2D eigenvalue weighted by Gasteiger charge is -2.06. The number of rotatable bonds is 6. The lowest BCUT2D eigenvalue weighted by atomic mass is 10.1. The van der Waals surface area contributed by atoms with Gasteiger partial charge in [-0.15, -0.1) is 11.3 Å². The molecule has 0 saturated heterocycles. The number of amides is 1. The van der Waals surface area contributed by atoms with Gasteiger partial charge in [0.05, 0.1) is 24.1 Å². The van der Waals surface area contributed by atoms with Gasteiger partial charge in [0.25, 0.3) is 5.91 Å². The first-order valence-corrected chi connectivity index (χ1v) is 8.59. The summed E-state index contributed by atoms with van der Waals surface area (Å²) in [5, 5.41) is 9.34. The second kappa shape index (κ2) is 7.76. The fraction of sp³-hybridized carbons (Fsp3) is 0.167. The Labute approximate surface area is 149 Å². The quantitative estimate of drug-likeness (QED) is 0.690. The highest BCUT2D eigenvalue weighted by Crippen LogP contribution is 2.22. The molecule has 0 aliphatic rings. The predicted octanol–water partition coefficient (Wildman–Crippen LogP) is 2.83. The van der Waals surface area contributed by atoms with Gasteiger partial charge < -0.3 is 10.1 Å². The first-order valence-electron chi connectivity index (χ1n) is 7.71. The minimum Gasteiger partial charge on any atom is -0.465 e.